The monoisotopic (exact) mass is 325 g/mol. The number of ether oxygens (including phenoxy) is 1. The molecule has 2 heteroatoms. The molecule has 2 rings (SSSR count). The van der Waals surface area contributed by atoms with Gasteiger partial charge in [-0.15, -0.1) is 0 Å². The number of benzene rings is 2. The van der Waals surface area contributed by atoms with Crippen molar-refractivity contribution >= 4 is 0 Å². The lowest BCUT2D eigenvalue weighted by Gasteiger charge is -2.24. The van der Waals surface area contributed by atoms with Gasteiger partial charge in [0.1, 0.15) is 5.75 Å². The minimum atomic E-state index is 0.111. The van der Waals surface area contributed by atoms with Crippen LogP contribution < -0.4 is 10.5 Å². The molecule has 0 heterocycles. The van der Waals surface area contributed by atoms with Gasteiger partial charge in [-0.05, 0) is 55.0 Å². The topological polar surface area (TPSA) is 35.2 Å². The molecule has 2 aromatic carbocycles. The Morgan fingerprint density at radius 2 is 1.62 bits per heavy atom. The van der Waals surface area contributed by atoms with Gasteiger partial charge < -0.3 is 10.5 Å². The third-order valence-corrected chi connectivity index (χ3v) is 4.58. The Morgan fingerprint density at radius 1 is 1.00 bits per heavy atom. The molecule has 0 fully saturated rings. The van der Waals surface area contributed by atoms with Crippen molar-refractivity contribution in [2.75, 3.05) is 13.7 Å². The lowest BCUT2D eigenvalue weighted by atomic mass is 9.82. The van der Waals surface area contributed by atoms with Crippen molar-refractivity contribution in [1.29, 1.82) is 0 Å². The van der Waals surface area contributed by atoms with E-state index in [0.717, 1.165) is 12.2 Å². The zero-order valence-electron chi connectivity index (χ0n) is 15.9. The maximum Gasteiger partial charge on any atom is 0.122 e. The summed E-state index contributed by atoms with van der Waals surface area (Å²) < 4.78 is 5.63. The van der Waals surface area contributed by atoms with E-state index in [1.165, 1.54) is 27.8 Å². The van der Waals surface area contributed by atoms with Crippen molar-refractivity contribution in [1.82, 2.24) is 0 Å². The summed E-state index contributed by atoms with van der Waals surface area (Å²) in [5.41, 5.74) is 12.7. The van der Waals surface area contributed by atoms with Crippen molar-refractivity contribution < 1.29 is 4.74 Å². The molecule has 0 aliphatic rings. The fraction of sp³-hybridized carbons (Fsp3) is 0.455. The Hall–Kier alpha value is -1.80. The van der Waals surface area contributed by atoms with Crippen LogP contribution in [0.15, 0.2) is 36.4 Å². The molecule has 0 aliphatic carbocycles. The molecule has 0 aromatic heterocycles. The normalized spacial score (nSPS) is 13.0. The van der Waals surface area contributed by atoms with Crippen LogP contribution in [0.2, 0.25) is 0 Å². The molecule has 0 spiro atoms. The van der Waals surface area contributed by atoms with Crippen LogP contribution in [0, 0.1) is 13.8 Å². The van der Waals surface area contributed by atoms with Crippen molar-refractivity contribution in [2.24, 2.45) is 5.73 Å². The third-order valence-electron chi connectivity index (χ3n) is 4.58. The summed E-state index contributed by atoms with van der Waals surface area (Å²) in [6.07, 6.45) is 0.934. The molecular weight excluding hydrogens is 294 g/mol. The van der Waals surface area contributed by atoms with Crippen LogP contribution in [0.5, 0.6) is 5.75 Å². The lowest BCUT2D eigenvalue weighted by Crippen LogP contribution is -2.18. The van der Waals surface area contributed by atoms with Gasteiger partial charge in [-0.2, -0.15) is 0 Å². The minimum Gasteiger partial charge on any atom is -0.496 e. The smallest absolute Gasteiger partial charge is 0.122 e. The van der Waals surface area contributed by atoms with Gasteiger partial charge in [0, 0.05) is 5.92 Å². The standard InChI is InChI=1S/C22H31NO/c1-15-9-16(2)11-17(10-15)12-18(14-23)20-13-19(22(3,4)5)7-8-21(20)24-6/h7-11,13,18H,12,14,23H2,1-6H3. The van der Waals surface area contributed by atoms with Crippen LogP contribution in [0.4, 0.5) is 0 Å². The average Bonchev–Trinajstić information content (AvgIpc) is 2.50. The van der Waals surface area contributed by atoms with Gasteiger partial charge in [-0.1, -0.05) is 62.2 Å². The van der Waals surface area contributed by atoms with Crippen molar-refractivity contribution in [2.45, 2.75) is 52.4 Å². The second kappa shape index (κ2) is 7.40. The first-order valence-electron chi connectivity index (χ1n) is 8.70. The molecule has 2 nitrogen and oxygen atoms in total. The Morgan fingerprint density at radius 3 is 2.12 bits per heavy atom. The highest BCUT2D eigenvalue weighted by Gasteiger charge is 2.20. The van der Waals surface area contributed by atoms with E-state index in [9.17, 15) is 0 Å². The predicted molar refractivity (Wildman–Crippen MR) is 103 cm³/mol. The molecule has 1 unspecified atom stereocenters. The van der Waals surface area contributed by atoms with Crippen LogP contribution in [0.3, 0.4) is 0 Å². The van der Waals surface area contributed by atoms with E-state index in [1.54, 1.807) is 7.11 Å². The Bertz CT molecular complexity index is 677. The van der Waals surface area contributed by atoms with E-state index in [0.29, 0.717) is 6.54 Å². The van der Waals surface area contributed by atoms with E-state index in [4.69, 9.17) is 10.5 Å². The molecule has 2 aromatic rings. The van der Waals surface area contributed by atoms with Gasteiger partial charge in [0.05, 0.1) is 7.11 Å². The van der Waals surface area contributed by atoms with Crippen LogP contribution in [0.1, 0.15) is 54.5 Å². The maximum atomic E-state index is 6.16. The van der Waals surface area contributed by atoms with Crippen molar-refractivity contribution in [3.63, 3.8) is 0 Å². The highest BCUT2D eigenvalue weighted by atomic mass is 16.5. The minimum absolute atomic E-state index is 0.111. The number of methoxy groups -OCH3 is 1. The first-order chi connectivity index (χ1) is 11.2. The summed E-state index contributed by atoms with van der Waals surface area (Å²) in [6.45, 7) is 11.6. The number of rotatable bonds is 5. The summed E-state index contributed by atoms with van der Waals surface area (Å²) in [6, 6.07) is 13.2. The number of nitrogens with two attached hydrogens (primary N) is 1. The molecule has 0 radical (unpaired) electrons. The SMILES string of the molecule is COc1ccc(C(C)(C)C)cc1C(CN)Cc1cc(C)cc(C)c1. The Kier molecular flexibility index (Phi) is 5.71. The summed E-state index contributed by atoms with van der Waals surface area (Å²) >= 11 is 0. The van der Waals surface area contributed by atoms with Crippen molar-refractivity contribution in [3.05, 3.63) is 64.2 Å². The predicted octanol–water partition coefficient (Wildman–Crippen LogP) is 4.89. The zero-order chi connectivity index (χ0) is 17.9. The first kappa shape index (κ1) is 18.5. The highest BCUT2D eigenvalue weighted by Crippen LogP contribution is 2.34. The van der Waals surface area contributed by atoms with Crippen LogP contribution in [0.25, 0.3) is 0 Å². The first-order valence-corrected chi connectivity index (χ1v) is 8.70. The third kappa shape index (κ3) is 4.39. The fourth-order valence-electron chi connectivity index (χ4n) is 3.31. The molecule has 0 saturated carbocycles. The fourth-order valence-corrected chi connectivity index (χ4v) is 3.31. The zero-order valence-corrected chi connectivity index (χ0v) is 15.9. The quantitative estimate of drug-likeness (QED) is 0.849. The van der Waals surface area contributed by atoms with Crippen molar-refractivity contribution in [3.8, 4) is 5.75 Å². The van der Waals surface area contributed by atoms with Gasteiger partial charge in [-0.3, -0.25) is 0 Å². The number of hydrogen-bond donors (Lipinski definition) is 1. The molecule has 1 atom stereocenters. The largest absolute Gasteiger partial charge is 0.496 e. The summed E-state index contributed by atoms with van der Waals surface area (Å²) in [5, 5.41) is 0. The average molecular weight is 325 g/mol. The number of hydrogen-bond acceptors (Lipinski definition) is 2. The van der Waals surface area contributed by atoms with E-state index in [-0.39, 0.29) is 11.3 Å². The van der Waals surface area contributed by atoms with Gasteiger partial charge in [-0.25, -0.2) is 0 Å². The number of aryl methyl sites for hydroxylation is 2. The van der Waals surface area contributed by atoms with Gasteiger partial charge >= 0.3 is 0 Å². The van der Waals surface area contributed by atoms with Gasteiger partial charge in [0.2, 0.25) is 0 Å². The lowest BCUT2D eigenvalue weighted by molar-refractivity contribution is 0.404. The molecule has 130 valence electrons. The van der Waals surface area contributed by atoms with Crippen LogP contribution >= 0.6 is 0 Å². The highest BCUT2D eigenvalue weighted by molar-refractivity contribution is 5.43. The van der Waals surface area contributed by atoms with E-state index in [2.05, 4.69) is 71.0 Å². The maximum absolute atomic E-state index is 6.16. The van der Waals surface area contributed by atoms with E-state index in [1.807, 2.05) is 0 Å². The van der Waals surface area contributed by atoms with E-state index < -0.39 is 0 Å². The molecule has 24 heavy (non-hydrogen) atoms. The Balaban J connectivity index is 2.41. The summed E-state index contributed by atoms with van der Waals surface area (Å²) in [5.74, 6) is 1.19. The summed E-state index contributed by atoms with van der Waals surface area (Å²) in [4.78, 5) is 0. The molecular formula is C22H31NO. The van der Waals surface area contributed by atoms with Gasteiger partial charge in [0.25, 0.3) is 0 Å². The van der Waals surface area contributed by atoms with Gasteiger partial charge in [0.15, 0.2) is 0 Å². The molecule has 0 saturated heterocycles. The molecule has 0 bridgehead atoms. The molecule has 2 N–H and O–H groups in total. The van der Waals surface area contributed by atoms with Crippen LogP contribution in [-0.4, -0.2) is 13.7 Å². The second-order valence-electron chi connectivity index (χ2n) is 7.84. The molecule has 0 amide bonds. The van der Waals surface area contributed by atoms with Crippen LogP contribution in [-0.2, 0) is 11.8 Å². The Labute approximate surface area is 147 Å². The summed E-state index contributed by atoms with van der Waals surface area (Å²) in [7, 11) is 1.74. The second-order valence-corrected chi connectivity index (χ2v) is 7.84. The molecule has 0 aliphatic heterocycles. The van der Waals surface area contributed by atoms with E-state index >= 15 is 0 Å².